The average Bonchev–Trinajstić information content (AvgIpc) is 3.10. The van der Waals surface area contributed by atoms with Crippen LogP contribution < -0.4 is 20.3 Å². The monoisotopic (exact) mass is 381 g/mol. The van der Waals surface area contributed by atoms with Gasteiger partial charge in [-0.3, -0.25) is 14.4 Å². The minimum Gasteiger partial charge on any atom is -0.497 e. The summed E-state index contributed by atoms with van der Waals surface area (Å²) in [5.74, 6) is -0.206. The molecule has 2 N–H and O–H groups in total. The number of ether oxygens (including phenoxy) is 1. The van der Waals surface area contributed by atoms with E-state index < -0.39 is 5.92 Å². The highest BCUT2D eigenvalue weighted by molar-refractivity contribution is 6.04. The molecule has 28 heavy (non-hydrogen) atoms. The third-order valence-electron chi connectivity index (χ3n) is 4.85. The van der Waals surface area contributed by atoms with Crippen molar-refractivity contribution in [3.8, 4) is 5.75 Å². The Morgan fingerprint density at radius 2 is 1.86 bits per heavy atom. The second-order valence-electron chi connectivity index (χ2n) is 6.70. The van der Waals surface area contributed by atoms with Crippen molar-refractivity contribution in [1.82, 2.24) is 5.32 Å². The molecule has 146 valence electrons. The lowest BCUT2D eigenvalue weighted by Crippen LogP contribution is -2.28. The van der Waals surface area contributed by atoms with Crippen molar-refractivity contribution in [2.45, 2.75) is 13.3 Å². The van der Waals surface area contributed by atoms with Gasteiger partial charge in [-0.15, -0.1) is 0 Å². The molecular weight excluding hydrogens is 358 g/mol. The molecule has 1 unspecified atom stereocenters. The van der Waals surface area contributed by atoms with E-state index in [-0.39, 0.29) is 24.1 Å². The van der Waals surface area contributed by atoms with Gasteiger partial charge in [-0.1, -0.05) is 0 Å². The van der Waals surface area contributed by atoms with Crippen molar-refractivity contribution >= 4 is 29.1 Å². The van der Waals surface area contributed by atoms with Gasteiger partial charge in [0.25, 0.3) is 5.91 Å². The maximum atomic E-state index is 12.7. The number of hydrogen-bond donors (Lipinski definition) is 2. The molecule has 0 aliphatic carbocycles. The van der Waals surface area contributed by atoms with Gasteiger partial charge in [-0.05, 0) is 55.0 Å². The van der Waals surface area contributed by atoms with Crippen LogP contribution in [-0.2, 0) is 9.59 Å². The van der Waals surface area contributed by atoms with E-state index in [0.29, 0.717) is 23.5 Å². The van der Waals surface area contributed by atoms with Gasteiger partial charge in [0, 0.05) is 37.0 Å². The highest BCUT2D eigenvalue weighted by Crippen LogP contribution is 2.28. The Bertz CT molecular complexity index is 908. The second-order valence-corrected chi connectivity index (χ2v) is 6.70. The predicted molar refractivity (Wildman–Crippen MR) is 107 cm³/mol. The fourth-order valence-electron chi connectivity index (χ4n) is 3.22. The van der Waals surface area contributed by atoms with Crippen LogP contribution in [-0.4, -0.2) is 38.4 Å². The van der Waals surface area contributed by atoms with Crippen LogP contribution in [0.3, 0.4) is 0 Å². The third-order valence-corrected chi connectivity index (χ3v) is 4.85. The molecule has 3 rings (SSSR count). The van der Waals surface area contributed by atoms with Gasteiger partial charge in [0.2, 0.25) is 11.8 Å². The smallest absolute Gasteiger partial charge is 0.251 e. The van der Waals surface area contributed by atoms with Crippen molar-refractivity contribution in [3.63, 3.8) is 0 Å². The van der Waals surface area contributed by atoms with Crippen LogP contribution in [0.5, 0.6) is 5.75 Å². The molecule has 1 aliphatic heterocycles. The number of methoxy groups -OCH3 is 1. The lowest BCUT2D eigenvalue weighted by atomic mass is 10.1. The first-order valence-electron chi connectivity index (χ1n) is 9.01. The van der Waals surface area contributed by atoms with Crippen molar-refractivity contribution in [2.75, 3.05) is 30.9 Å². The van der Waals surface area contributed by atoms with Crippen LogP contribution in [0.4, 0.5) is 11.4 Å². The van der Waals surface area contributed by atoms with Crippen molar-refractivity contribution < 1.29 is 19.1 Å². The van der Waals surface area contributed by atoms with E-state index in [0.717, 1.165) is 11.3 Å². The highest BCUT2D eigenvalue weighted by Gasteiger charge is 2.35. The molecule has 0 spiro atoms. The zero-order valence-electron chi connectivity index (χ0n) is 16.1. The van der Waals surface area contributed by atoms with Gasteiger partial charge >= 0.3 is 0 Å². The summed E-state index contributed by atoms with van der Waals surface area (Å²) < 4.78 is 5.13. The summed E-state index contributed by atoms with van der Waals surface area (Å²) in [6.07, 6.45) is 0.160. The largest absolute Gasteiger partial charge is 0.497 e. The Morgan fingerprint density at radius 1 is 1.14 bits per heavy atom. The maximum Gasteiger partial charge on any atom is 0.251 e. The standard InChI is InChI=1S/C21H23N3O4/c1-13-10-14(20(26)22-2)4-9-18(13)23-21(27)15-11-19(25)24(12-15)16-5-7-17(28-3)8-6-16/h4-10,15H,11-12H2,1-3H3,(H,22,26)(H,23,27). The molecule has 0 bridgehead atoms. The van der Waals surface area contributed by atoms with Crippen LogP contribution in [0.25, 0.3) is 0 Å². The van der Waals surface area contributed by atoms with E-state index >= 15 is 0 Å². The number of nitrogens with zero attached hydrogens (tertiary/aromatic N) is 1. The molecule has 2 aromatic carbocycles. The Balaban J connectivity index is 1.68. The first kappa shape index (κ1) is 19.4. The zero-order valence-corrected chi connectivity index (χ0v) is 16.1. The lowest BCUT2D eigenvalue weighted by molar-refractivity contribution is -0.122. The number of aryl methyl sites for hydroxylation is 1. The Kier molecular flexibility index (Phi) is 5.63. The fourth-order valence-corrected chi connectivity index (χ4v) is 3.22. The average molecular weight is 381 g/mol. The summed E-state index contributed by atoms with van der Waals surface area (Å²) in [6, 6.07) is 12.3. The molecule has 1 saturated heterocycles. The molecule has 0 aromatic heterocycles. The number of rotatable bonds is 5. The molecule has 7 nitrogen and oxygen atoms in total. The van der Waals surface area contributed by atoms with Crippen LogP contribution in [0.15, 0.2) is 42.5 Å². The van der Waals surface area contributed by atoms with E-state index in [2.05, 4.69) is 10.6 Å². The van der Waals surface area contributed by atoms with Gasteiger partial charge in [0.1, 0.15) is 5.75 Å². The summed E-state index contributed by atoms with van der Waals surface area (Å²) >= 11 is 0. The minimum atomic E-state index is -0.437. The molecular formula is C21H23N3O4. The number of hydrogen-bond acceptors (Lipinski definition) is 4. The van der Waals surface area contributed by atoms with E-state index in [1.807, 2.05) is 6.92 Å². The molecule has 1 heterocycles. The van der Waals surface area contributed by atoms with Crippen LogP contribution in [0.1, 0.15) is 22.3 Å². The Hall–Kier alpha value is -3.35. The van der Waals surface area contributed by atoms with Crippen molar-refractivity contribution in [2.24, 2.45) is 5.92 Å². The van der Waals surface area contributed by atoms with Crippen molar-refractivity contribution in [3.05, 3.63) is 53.6 Å². The first-order chi connectivity index (χ1) is 13.4. The highest BCUT2D eigenvalue weighted by atomic mass is 16.5. The molecule has 1 fully saturated rings. The van der Waals surface area contributed by atoms with Gasteiger partial charge in [-0.2, -0.15) is 0 Å². The topological polar surface area (TPSA) is 87.7 Å². The van der Waals surface area contributed by atoms with Crippen LogP contribution in [0.2, 0.25) is 0 Å². The number of benzene rings is 2. The van der Waals surface area contributed by atoms with Crippen molar-refractivity contribution in [1.29, 1.82) is 0 Å². The Morgan fingerprint density at radius 3 is 2.46 bits per heavy atom. The Labute approximate surface area is 163 Å². The first-order valence-corrected chi connectivity index (χ1v) is 9.01. The number of nitrogens with one attached hydrogen (secondary N) is 2. The number of carbonyl (C=O) groups is 3. The normalized spacial score (nSPS) is 16.0. The number of anilines is 2. The molecule has 1 aliphatic rings. The fraction of sp³-hybridized carbons (Fsp3) is 0.286. The van der Waals surface area contributed by atoms with E-state index in [9.17, 15) is 14.4 Å². The lowest BCUT2D eigenvalue weighted by Gasteiger charge is -2.17. The van der Waals surface area contributed by atoms with E-state index in [1.165, 1.54) is 0 Å². The maximum absolute atomic E-state index is 12.7. The molecule has 2 aromatic rings. The molecule has 7 heteroatoms. The SMILES string of the molecule is CNC(=O)c1ccc(NC(=O)C2CC(=O)N(c3ccc(OC)cc3)C2)c(C)c1. The van der Waals surface area contributed by atoms with Gasteiger partial charge in [-0.25, -0.2) is 0 Å². The summed E-state index contributed by atoms with van der Waals surface area (Å²) in [5.41, 5.74) is 2.69. The second kappa shape index (κ2) is 8.12. The quantitative estimate of drug-likeness (QED) is 0.832. The van der Waals surface area contributed by atoms with Gasteiger partial charge in [0.15, 0.2) is 0 Å². The predicted octanol–water partition coefficient (Wildman–Crippen LogP) is 2.35. The van der Waals surface area contributed by atoms with Gasteiger partial charge < -0.3 is 20.3 Å². The summed E-state index contributed by atoms with van der Waals surface area (Å²) in [6.45, 7) is 2.15. The number of carbonyl (C=O) groups excluding carboxylic acids is 3. The zero-order chi connectivity index (χ0) is 20.3. The van der Waals surface area contributed by atoms with Gasteiger partial charge in [0.05, 0.1) is 13.0 Å². The van der Waals surface area contributed by atoms with Crippen LogP contribution in [0, 0.1) is 12.8 Å². The number of amides is 3. The molecule has 0 radical (unpaired) electrons. The molecule has 0 saturated carbocycles. The van der Waals surface area contributed by atoms with E-state index in [4.69, 9.17) is 4.74 Å². The summed E-state index contributed by atoms with van der Waals surface area (Å²) in [4.78, 5) is 38.4. The van der Waals surface area contributed by atoms with E-state index in [1.54, 1.807) is 61.5 Å². The third kappa shape index (κ3) is 3.98. The summed E-state index contributed by atoms with van der Waals surface area (Å²) in [7, 11) is 3.15. The summed E-state index contributed by atoms with van der Waals surface area (Å²) in [5, 5.41) is 5.45. The van der Waals surface area contributed by atoms with Crippen LogP contribution >= 0.6 is 0 Å². The molecule has 3 amide bonds. The molecule has 1 atom stereocenters. The minimum absolute atomic E-state index is 0.0861.